The Labute approximate surface area is 133 Å². The number of aromatic hydroxyl groups is 1. The van der Waals surface area contributed by atoms with Crippen molar-refractivity contribution in [1.29, 1.82) is 5.26 Å². The van der Waals surface area contributed by atoms with Crippen LogP contribution in [-0.2, 0) is 0 Å². The summed E-state index contributed by atoms with van der Waals surface area (Å²) >= 11 is 0. The van der Waals surface area contributed by atoms with Crippen LogP contribution in [0.2, 0.25) is 0 Å². The molecule has 0 aliphatic carbocycles. The number of aromatic amines is 1. The number of nitrogens with one attached hydrogen (secondary N) is 1. The van der Waals surface area contributed by atoms with Crippen LogP contribution in [0.1, 0.15) is 11.1 Å². The van der Waals surface area contributed by atoms with E-state index < -0.39 is 5.56 Å². The molecular weight excluding hydrogens is 288 g/mol. The smallest absolute Gasteiger partial charge is 0.266 e. The lowest BCUT2D eigenvalue weighted by Gasteiger charge is -2.10. The van der Waals surface area contributed by atoms with Gasteiger partial charge in [-0.1, -0.05) is 42.0 Å². The summed E-state index contributed by atoms with van der Waals surface area (Å²) in [6, 6.07) is 18.1. The molecule has 3 rings (SSSR count). The number of hydrogen-bond acceptors (Lipinski definition) is 3. The molecule has 0 radical (unpaired) electrons. The summed E-state index contributed by atoms with van der Waals surface area (Å²) in [4.78, 5) is 15.0. The number of aryl methyl sites for hydroxylation is 1. The average molecular weight is 302 g/mol. The van der Waals surface area contributed by atoms with Crippen LogP contribution in [0.25, 0.3) is 22.4 Å². The quantitative estimate of drug-likeness (QED) is 0.759. The Morgan fingerprint density at radius 2 is 1.78 bits per heavy atom. The lowest BCUT2D eigenvalue weighted by atomic mass is 9.97. The predicted molar refractivity (Wildman–Crippen MR) is 89.1 cm³/mol. The van der Waals surface area contributed by atoms with Crippen molar-refractivity contribution >= 4 is 0 Å². The SMILES string of the molecule is Cc1ccc(O)c(-c2cc(-c3ccccc3)[nH]c(=O)c2C#N)c1. The van der Waals surface area contributed by atoms with Gasteiger partial charge in [0.25, 0.3) is 5.56 Å². The number of rotatable bonds is 2. The molecule has 2 N–H and O–H groups in total. The van der Waals surface area contributed by atoms with Gasteiger partial charge in [-0.2, -0.15) is 5.26 Å². The number of H-pyrrole nitrogens is 1. The topological polar surface area (TPSA) is 76.9 Å². The normalized spacial score (nSPS) is 10.3. The minimum Gasteiger partial charge on any atom is -0.507 e. The van der Waals surface area contributed by atoms with Gasteiger partial charge in [-0.3, -0.25) is 4.79 Å². The fourth-order valence-corrected chi connectivity index (χ4v) is 2.52. The lowest BCUT2D eigenvalue weighted by Crippen LogP contribution is -2.12. The van der Waals surface area contributed by atoms with Gasteiger partial charge in [-0.25, -0.2) is 0 Å². The Hall–Kier alpha value is -3.32. The van der Waals surface area contributed by atoms with Crippen molar-refractivity contribution in [3.05, 3.63) is 76.1 Å². The van der Waals surface area contributed by atoms with Crippen LogP contribution in [0, 0.1) is 18.3 Å². The second-order valence-corrected chi connectivity index (χ2v) is 5.30. The van der Waals surface area contributed by atoms with Crippen molar-refractivity contribution in [2.24, 2.45) is 0 Å². The number of aromatic nitrogens is 1. The summed E-state index contributed by atoms with van der Waals surface area (Å²) in [6.07, 6.45) is 0. The Balaban J connectivity index is 2.32. The molecule has 0 unspecified atom stereocenters. The van der Waals surface area contributed by atoms with Gasteiger partial charge in [0.15, 0.2) is 0 Å². The number of pyridine rings is 1. The highest BCUT2D eigenvalue weighted by molar-refractivity contribution is 5.79. The first-order chi connectivity index (χ1) is 11.1. The average Bonchev–Trinajstić information content (AvgIpc) is 2.57. The first-order valence-electron chi connectivity index (χ1n) is 7.13. The molecule has 0 aliphatic heterocycles. The van der Waals surface area contributed by atoms with Crippen molar-refractivity contribution in [3.63, 3.8) is 0 Å². The fraction of sp³-hybridized carbons (Fsp3) is 0.0526. The number of benzene rings is 2. The summed E-state index contributed by atoms with van der Waals surface area (Å²) in [5, 5.41) is 19.5. The second kappa shape index (κ2) is 5.82. The van der Waals surface area contributed by atoms with Crippen molar-refractivity contribution in [2.45, 2.75) is 6.92 Å². The maximum Gasteiger partial charge on any atom is 0.266 e. The van der Waals surface area contributed by atoms with E-state index in [4.69, 9.17) is 0 Å². The van der Waals surface area contributed by atoms with Crippen LogP contribution >= 0.6 is 0 Å². The van der Waals surface area contributed by atoms with E-state index >= 15 is 0 Å². The van der Waals surface area contributed by atoms with E-state index in [0.29, 0.717) is 16.8 Å². The molecule has 0 atom stereocenters. The minimum atomic E-state index is -0.468. The van der Waals surface area contributed by atoms with E-state index in [9.17, 15) is 15.2 Å². The molecule has 3 aromatic rings. The van der Waals surface area contributed by atoms with Gasteiger partial charge in [-0.05, 0) is 30.7 Å². The maximum absolute atomic E-state index is 12.3. The number of hydrogen-bond donors (Lipinski definition) is 2. The molecule has 2 aromatic carbocycles. The summed E-state index contributed by atoms with van der Waals surface area (Å²) in [6.45, 7) is 1.89. The van der Waals surface area contributed by atoms with E-state index in [1.165, 1.54) is 0 Å². The van der Waals surface area contributed by atoms with Gasteiger partial charge in [-0.15, -0.1) is 0 Å². The van der Waals surface area contributed by atoms with Crippen LogP contribution in [0.15, 0.2) is 59.4 Å². The molecule has 0 amide bonds. The molecule has 0 bridgehead atoms. The van der Waals surface area contributed by atoms with Crippen molar-refractivity contribution in [2.75, 3.05) is 0 Å². The first-order valence-corrected chi connectivity index (χ1v) is 7.13. The Morgan fingerprint density at radius 3 is 2.48 bits per heavy atom. The van der Waals surface area contributed by atoms with Gasteiger partial charge >= 0.3 is 0 Å². The minimum absolute atomic E-state index is 0.00872. The largest absolute Gasteiger partial charge is 0.507 e. The molecule has 0 spiro atoms. The Kier molecular flexibility index (Phi) is 3.70. The number of nitriles is 1. The van der Waals surface area contributed by atoms with Crippen molar-refractivity contribution in [3.8, 4) is 34.2 Å². The Morgan fingerprint density at radius 1 is 1.04 bits per heavy atom. The molecule has 1 aromatic heterocycles. The molecule has 4 heteroatoms. The van der Waals surface area contributed by atoms with Crippen molar-refractivity contribution in [1.82, 2.24) is 4.98 Å². The Bertz CT molecular complexity index is 967. The zero-order valence-corrected chi connectivity index (χ0v) is 12.5. The zero-order chi connectivity index (χ0) is 16.4. The highest BCUT2D eigenvalue weighted by atomic mass is 16.3. The third kappa shape index (κ3) is 2.72. The standard InChI is InChI=1S/C19H14N2O2/c1-12-7-8-18(22)15(9-12)14-10-17(13-5-3-2-4-6-13)21-19(23)16(14)11-20/h2-10,22H,1H3,(H,21,23). The summed E-state index contributed by atoms with van der Waals surface area (Å²) < 4.78 is 0. The van der Waals surface area contributed by atoms with Gasteiger partial charge in [0, 0.05) is 16.8 Å². The molecule has 0 fully saturated rings. The third-order valence-corrected chi connectivity index (χ3v) is 3.67. The summed E-state index contributed by atoms with van der Waals surface area (Å²) in [7, 11) is 0. The van der Waals surface area contributed by atoms with Crippen LogP contribution in [0.4, 0.5) is 0 Å². The summed E-state index contributed by atoms with van der Waals surface area (Å²) in [5.74, 6) is 0.0386. The summed E-state index contributed by atoms with van der Waals surface area (Å²) in [5.41, 5.74) is 2.80. The predicted octanol–water partition coefficient (Wildman–Crippen LogP) is 3.59. The van der Waals surface area contributed by atoms with E-state index in [0.717, 1.165) is 11.1 Å². The van der Waals surface area contributed by atoms with Crippen molar-refractivity contribution < 1.29 is 5.11 Å². The third-order valence-electron chi connectivity index (χ3n) is 3.67. The first kappa shape index (κ1) is 14.6. The molecule has 0 aliphatic rings. The van der Waals surface area contributed by atoms with Gasteiger partial charge < -0.3 is 10.1 Å². The van der Waals surface area contributed by atoms with Crippen LogP contribution in [-0.4, -0.2) is 10.1 Å². The number of phenols is 1. The van der Waals surface area contributed by atoms with E-state index in [1.54, 1.807) is 24.3 Å². The highest BCUT2D eigenvalue weighted by Gasteiger charge is 2.15. The number of phenolic OH excluding ortho intramolecular Hbond substituents is 1. The van der Waals surface area contributed by atoms with Gasteiger partial charge in [0.05, 0.1) is 0 Å². The molecule has 1 heterocycles. The second-order valence-electron chi connectivity index (χ2n) is 5.30. The van der Waals surface area contributed by atoms with E-state index in [-0.39, 0.29) is 11.3 Å². The fourth-order valence-electron chi connectivity index (χ4n) is 2.52. The van der Waals surface area contributed by atoms with E-state index in [1.807, 2.05) is 43.3 Å². The van der Waals surface area contributed by atoms with Gasteiger partial charge in [0.1, 0.15) is 17.4 Å². The number of nitrogens with zero attached hydrogens (tertiary/aromatic N) is 1. The van der Waals surface area contributed by atoms with Crippen LogP contribution < -0.4 is 5.56 Å². The molecule has 0 saturated carbocycles. The monoisotopic (exact) mass is 302 g/mol. The van der Waals surface area contributed by atoms with Gasteiger partial charge in [0.2, 0.25) is 0 Å². The molecular formula is C19H14N2O2. The molecule has 112 valence electrons. The van der Waals surface area contributed by atoms with Crippen LogP contribution in [0.3, 0.4) is 0 Å². The lowest BCUT2D eigenvalue weighted by molar-refractivity contribution is 0.477. The molecule has 23 heavy (non-hydrogen) atoms. The highest BCUT2D eigenvalue weighted by Crippen LogP contribution is 2.33. The van der Waals surface area contributed by atoms with E-state index in [2.05, 4.69) is 4.98 Å². The zero-order valence-electron chi connectivity index (χ0n) is 12.5. The maximum atomic E-state index is 12.3. The van der Waals surface area contributed by atoms with Crippen LogP contribution in [0.5, 0.6) is 5.75 Å². The molecule has 4 nitrogen and oxygen atoms in total. The molecule has 0 saturated heterocycles.